The zero-order chi connectivity index (χ0) is 14.2. The molecule has 2 N–H and O–H groups in total. The van der Waals surface area contributed by atoms with Crippen molar-refractivity contribution in [1.82, 2.24) is 15.5 Å². The van der Waals surface area contributed by atoms with Crippen LogP contribution in [-0.4, -0.2) is 50.1 Å². The van der Waals surface area contributed by atoms with Crippen molar-refractivity contribution < 1.29 is 4.79 Å². The van der Waals surface area contributed by atoms with E-state index in [-0.39, 0.29) is 11.8 Å². The molecule has 0 saturated carbocycles. The van der Waals surface area contributed by atoms with Crippen LogP contribution in [0.3, 0.4) is 0 Å². The van der Waals surface area contributed by atoms with Crippen molar-refractivity contribution in [3.8, 4) is 0 Å². The van der Waals surface area contributed by atoms with Gasteiger partial charge in [-0.1, -0.05) is 6.92 Å². The Morgan fingerprint density at radius 3 is 2.80 bits per heavy atom. The molecule has 2 aliphatic heterocycles. The molecule has 4 nitrogen and oxygen atoms in total. The van der Waals surface area contributed by atoms with Gasteiger partial charge >= 0.3 is 0 Å². The van der Waals surface area contributed by atoms with E-state index >= 15 is 0 Å². The third kappa shape index (κ3) is 5.41. The third-order valence-electron chi connectivity index (χ3n) is 4.65. The maximum absolute atomic E-state index is 12.0. The third-order valence-corrected chi connectivity index (χ3v) is 4.65. The largest absolute Gasteiger partial charge is 0.356 e. The molecular weight excluding hydrogens is 250 g/mol. The number of nitrogens with one attached hydrogen (secondary N) is 2. The van der Waals surface area contributed by atoms with Gasteiger partial charge in [0.2, 0.25) is 5.91 Å². The number of piperidine rings is 2. The fourth-order valence-corrected chi connectivity index (χ4v) is 3.39. The van der Waals surface area contributed by atoms with Gasteiger partial charge in [-0.15, -0.1) is 0 Å². The van der Waals surface area contributed by atoms with E-state index in [1.165, 1.54) is 38.9 Å². The summed E-state index contributed by atoms with van der Waals surface area (Å²) in [6.07, 6.45) is 7.06. The fraction of sp³-hybridized carbons (Fsp3) is 0.938. The van der Waals surface area contributed by atoms with Crippen LogP contribution >= 0.6 is 0 Å². The highest BCUT2D eigenvalue weighted by atomic mass is 16.1. The van der Waals surface area contributed by atoms with Crippen LogP contribution < -0.4 is 10.6 Å². The molecule has 4 heteroatoms. The van der Waals surface area contributed by atoms with Gasteiger partial charge in [0.1, 0.15) is 0 Å². The molecule has 0 aromatic heterocycles. The Hall–Kier alpha value is -0.610. The molecule has 0 radical (unpaired) electrons. The van der Waals surface area contributed by atoms with E-state index in [9.17, 15) is 4.79 Å². The fourth-order valence-electron chi connectivity index (χ4n) is 3.39. The minimum absolute atomic E-state index is 0.249. The molecule has 2 rings (SSSR count). The van der Waals surface area contributed by atoms with Crippen molar-refractivity contribution in [3.63, 3.8) is 0 Å². The molecular formula is C16H31N3O. The summed E-state index contributed by atoms with van der Waals surface area (Å²) < 4.78 is 0. The first-order chi connectivity index (χ1) is 9.75. The summed E-state index contributed by atoms with van der Waals surface area (Å²) in [4.78, 5) is 14.5. The number of unbranched alkanes of at least 4 members (excludes halogenated alkanes) is 1. The summed E-state index contributed by atoms with van der Waals surface area (Å²) in [6.45, 7) is 8.93. The van der Waals surface area contributed by atoms with E-state index in [2.05, 4.69) is 22.5 Å². The Labute approximate surface area is 123 Å². The van der Waals surface area contributed by atoms with Crippen molar-refractivity contribution in [2.24, 2.45) is 11.8 Å². The molecule has 20 heavy (non-hydrogen) atoms. The molecule has 1 unspecified atom stereocenters. The second-order valence-electron chi connectivity index (χ2n) is 6.57. The summed E-state index contributed by atoms with van der Waals surface area (Å²) in [5.74, 6) is 1.39. The number of rotatable bonds is 6. The summed E-state index contributed by atoms with van der Waals surface area (Å²) in [5, 5.41) is 6.41. The first kappa shape index (κ1) is 15.8. The highest BCUT2D eigenvalue weighted by Gasteiger charge is 2.20. The van der Waals surface area contributed by atoms with Crippen molar-refractivity contribution in [1.29, 1.82) is 0 Å². The summed E-state index contributed by atoms with van der Waals surface area (Å²) in [5.41, 5.74) is 0. The lowest BCUT2D eigenvalue weighted by atomic mass is 9.97. The maximum atomic E-state index is 12.0. The van der Waals surface area contributed by atoms with Gasteiger partial charge < -0.3 is 15.5 Å². The van der Waals surface area contributed by atoms with E-state index < -0.39 is 0 Å². The SMILES string of the molecule is CC1CCCN(CCCCNC(=O)C2CCNCC2)C1. The Morgan fingerprint density at radius 1 is 1.25 bits per heavy atom. The predicted molar refractivity (Wildman–Crippen MR) is 82.7 cm³/mol. The molecule has 1 amide bonds. The summed E-state index contributed by atoms with van der Waals surface area (Å²) >= 11 is 0. The lowest BCUT2D eigenvalue weighted by molar-refractivity contribution is -0.125. The summed E-state index contributed by atoms with van der Waals surface area (Å²) in [6, 6.07) is 0. The molecule has 0 spiro atoms. The number of amides is 1. The molecule has 2 fully saturated rings. The molecule has 2 aliphatic rings. The molecule has 0 aromatic carbocycles. The van der Waals surface area contributed by atoms with Gasteiger partial charge in [0, 0.05) is 19.0 Å². The average molecular weight is 281 g/mol. The molecule has 2 heterocycles. The standard InChI is InChI=1S/C16H31N3O/c1-14-5-4-12-19(13-14)11-3-2-8-18-16(20)15-6-9-17-10-7-15/h14-15,17H,2-13H2,1H3,(H,18,20). The van der Waals surface area contributed by atoms with E-state index in [4.69, 9.17) is 0 Å². The predicted octanol–water partition coefficient (Wildman–Crippen LogP) is 1.61. The molecule has 2 saturated heterocycles. The van der Waals surface area contributed by atoms with Crippen LogP contribution in [0.4, 0.5) is 0 Å². The normalized spacial score (nSPS) is 25.6. The number of hydrogen-bond donors (Lipinski definition) is 2. The number of carbonyl (C=O) groups excluding carboxylic acids is 1. The summed E-state index contributed by atoms with van der Waals surface area (Å²) in [7, 11) is 0. The second kappa shape index (κ2) is 8.63. The molecule has 0 bridgehead atoms. The zero-order valence-electron chi connectivity index (χ0n) is 13.0. The average Bonchev–Trinajstić information content (AvgIpc) is 2.48. The van der Waals surface area contributed by atoms with E-state index in [0.717, 1.165) is 44.8 Å². The van der Waals surface area contributed by atoms with Crippen LogP contribution in [0.1, 0.15) is 45.4 Å². The highest BCUT2D eigenvalue weighted by Crippen LogP contribution is 2.15. The minimum atomic E-state index is 0.249. The quantitative estimate of drug-likeness (QED) is 0.727. The van der Waals surface area contributed by atoms with E-state index in [0.29, 0.717) is 0 Å². The molecule has 0 aromatic rings. The Morgan fingerprint density at radius 2 is 2.05 bits per heavy atom. The van der Waals surface area contributed by atoms with Gasteiger partial charge in [0.05, 0.1) is 0 Å². The van der Waals surface area contributed by atoms with Crippen LogP contribution in [0.5, 0.6) is 0 Å². The lowest BCUT2D eigenvalue weighted by Crippen LogP contribution is -2.38. The smallest absolute Gasteiger partial charge is 0.223 e. The van der Waals surface area contributed by atoms with Crippen molar-refractivity contribution in [2.75, 3.05) is 39.3 Å². The van der Waals surface area contributed by atoms with Crippen LogP contribution in [0.15, 0.2) is 0 Å². The van der Waals surface area contributed by atoms with Gasteiger partial charge in [-0.3, -0.25) is 4.79 Å². The van der Waals surface area contributed by atoms with Crippen LogP contribution in [0.2, 0.25) is 0 Å². The van der Waals surface area contributed by atoms with Crippen LogP contribution in [0.25, 0.3) is 0 Å². The van der Waals surface area contributed by atoms with Gasteiger partial charge in [-0.25, -0.2) is 0 Å². The minimum Gasteiger partial charge on any atom is -0.356 e. The maximum Gasteiger partial charge on any atom is 0.223 e. The monoisotopic (exact) mass is 281 g/mol. The number of nitrogens with zero attached hydrogens (tertiary/aromatic N) is 1. The van der Waals surface area contributed by atoms with E-state index in [1.54, 1.807) is 0 Å². The van der Waals surface area contributed by atoms with E-state index in [1.807, 2.05) is 0 Å². The number of carbonyl (C=O) groups is 1. The van der Waals surface area contributed by atoms with Gasteiger partial charge in [-0.05, 0) is 70.6 Å². The van der Waals surface area contributed by atoms with Crippen molar-refractivity contribution >= 4 is 5.91 Å². The van der Waals surface area contributed by atoms with Crippen LogP contribution in [-0.2, 0) is 4.79 Å². The highest BCUT2D eigenvalue weighted by molar-refractivity contribution is 5.78. The Kier molecular flexibility index (Phi) is 6.80. The van der Waals surface area contributed by atoms with Crippen LogP contribution in [0, 0.1) is 11.8 Å². The number of hydrogen-bond acceptors (Lipinski definition) is 3. The Balaban J connectivity index is 1.49. The van der Waals surface area contributed by atoms with Crippen molar-refractivity contribution in [3.05, 3.63) is 0 Å². The zero-order valence-corrected chi connectivity index (χ0v) is 13.0. The first-order valence-electron chi connectivity index (χ1n) is 8.46. The Bertz CT molecular complexity index is 289. The first-order valence-corrected chi connectivity index (χ1v) is 8.46. The molecule has 1 atom stereocenters. The van der Waals surface area contributed by atoms with Gasteiger partial charge in [-0.2, -0.15) is 0 Å². The van der Waals surface area contributed by atoms with Gasteiger partial charge in [0.15, 0.2) is 0 Å². The molecule has 0 aliphatic carbocycles. The topological polar surface area (TPSA) is 44.4 Å². The van der Waals surface area contributed by atoms with Crippen molar-refractivity contribution in [2.45, 2.75) is 45.4 Å². The molecule has 116 valence electrons. The lowest BCUT2D eigenvalue weighted by Gasteiger charge is -2.30. The second-order valence-corrected chi connectivity index (χ2v) is 6.57. The number of likely N-dealkylation sites (tertiary alicyclic amines) is 1. The van der Waals surface area contributed by atoms with Gasteiger partial charge in [0.25, 0.3) is 0 Å².